The molecule has 4 nitrogen and oxygen atoms in total. The SMILES string of the molecule is CCCNC(c1ccoc1)c1ccnn1C. The number of nitrogens with zero attached hydrogens (tertiary/aromatic N) is 2. The number of hydrogen-bond acceptors (Lipinski definition) is 3. The number of hydrogen-bond donors (Lipinski definition) is 1. The summed E-state index contributed by atoms with van der Waals surface area (Å²) in [5.41, 5.74) is 2.28. The topological polar surface area (TPSA) is 43.0 Å². The normalized spacial score (nSPS) is 12.9. The zero-order valence-corrected chi connectivity index (χ0v) is 9.68. The van der Waals surface area contributed by atoms with Crippen LogP contribution in [0.4, 0.5) is 0 Å². The van der Waals surface area contributed by atoms with Crippen molar-refractivity contribution >= 4 is 0 Å². The third-order valence-corrected chi connectivity index (χ3v) is 2.63. The van der Waals surface area contributed by atoms with Crippen LogP contribution in [0.15, 0.2) is 35.3 Å². The highest BCUT2D eigenvalue weighted by Gasteiger charge is 2.17. The second kappa shape index (κ2) is 4.99. The van der Waals surface area contributed by atoms with Gasteiger partial charge >= 0.3 is 0 Å². The van der Waals surface area contributed by atoms with Crippen LogP contribution in [0.3, 0.4) is 0 Å². The Kier molecular flexibility index (Phi) is 3.41. The Hall–Kier alpha value is -1.55. The fraction of sp³-hybridized carbons (Fsp3) is 0.417. The van der Waals surface area contributed by atoms with E-state index in [1.807, 2.05) is 30.1 Å². The Labute approximate surface area is 95.3 Å². The number of nitrogens with one attached hydrogen (secondary N) is 1. The minimum absolute atomic E-state index is 0.159. The van der Waals surface area contributed by atoms with Gasteiger partial charge in [-0.2, -0.15) is 5.10 Å². The molecule has 0 bridgehead atoms. The molecule has 0 amide bonds. The second-order valence-corrected chi connectivity index (χ2v) is 3.82. The molecule has 1 N–H and O–H groups in total. The Bertz CT molecular complexity index is 419. The predicted molar refractivity (Wildman–Crippen MR) is 62.1 cm³/mol. The molecule has 2 heterocycles. The predicted octanol–water partition coefficient (Wildman–Crippen LogP) is 2.10. The van der Waals surface area contributed by atoms with Crippen molar-refractivity contribution < 1.29 is 4.42 Å². The van der Waals surface area contributed by atoms with E-state index in [0.29, 0.717) is 0 Å². The van der Waals surface area contributed by atoms with Crippen molar-refractivity contribution in [2.24, 2.45) is 7.05 Å². The quantitative estimate of drug-likeness (QED) is 0.837. The molecule has 0 fully saturated rings. The first kappa shape index (κ1) is 11.0. The Balaban J connectivity index is 2.25. The van der Waals surface area contributed by atoms with Crippen LogP contribution in [-0.2, 0) is 7.05 Å². The van der Waals surface area contributed by atoms with E-state index in [2.05, 4.69) is 17.3 Å². The van der Waals surface area contributed by atoms with Gasteiger partial charge in [0.2, 0.25) is 0 Å². The lowest BCUT2D eigenvalue weighted by Crippen LogP contribution is -2.24. The first-order valence-electron chi connectivity index (χ1n) is 5.56. The van der Waals surface area contributed by atoms with Crippen molar-refractivity contribution in [3.05, 3.63) is 42.1 Å². The van der Waals surface area contributed by atoms with Gasteiger partial charge in [-0.05, 0) is 25.1 Å². The minimum Gasteiger partial charge on any atom is -0.472 e. The van der Waals surface area contributed by atoms with Crippen molar-refractivity contribution in [2.45, 2.75) is 19.4 Å². The van der Waals surface area contributed by atoms with Crippen LogP contribution < -0.4 is 5.32 Å². The average Bonchev–Trinajstić information content (AvgIpc) is 2.91. The maximum absolute atomic E-state index is 5.14. The molecule has 0 aliphatic rings. The van der Waals surface area contributed by atoms with Crippen molar-refractivity contribution in [3.63, 3.8) is 0 Å². The van der Waals surface area contributed by atoms with E-state index < -0.39 is 0 Å². The van der Waals surface area contributed by atoms with Crippen LogP contribution in [0, 0.1) is 0 Å². The van der Waals surface area contributed by atoms with E-state index in [1.165, 1.54) is 0 Å². The van der Waals surface area contributed by atoms with Crippen LogP contribution in [0.25, 0.3) is 0 Å². The smallest absolute Gasteiger partial charge is 0.0954 e. The highest BCUT2D eigenvalue weighted by molar-refractivity contribution is 5.23. The van der Waals surface area contributed by atoms with Gasteiger partial charge in [-0.1, -0.05) is 6.92 Å². The molecule has 16 heavy (non-hydrogen) atoms. The minimum atomic E-state index is 0.159. The maximum atomic E-state index is 5.14. The number of aryl methyl sites for hydroxylation is 1. The van der Waals surface area contributed by atoms with Crippen molar-refractivity contribution in [3.8, 4) is 0 Å². The summed E-state index contributed by atoms with van der Waals surface area (Å²) in [5.74, 6) is 0. The number of furan rings is 1. The third-order valence-electron chi connectivity index (χ3n) is 2.63. The summed E-state index contributed by atoms with van der Waals surface area (Å²) < 4.78 is 7.03. The zero-order chi connectivity index (χ0) is 11.4. The monoisotopic (exact) mass is 219 g/mol. The van der Waals surface area contributed by atoms with Gasteiger partial charge in [0.25, 0.3) is 0 Å². The second-order valence-electron chi connectivity index (χ2n) is 3.82. The molecule has 0 aliphatic heterocycles. The van der Waals surface area contributed by atoms with Crippen LogP contribution >= 0.6 is 0 Å². The molecule has 0 radical (unpaired) electrons. The molecule has 4 heteroatoms. The van der Waals surface area contributed by atoms with Crippen LogP contribution in [0.5, 0.6) is 0 Å². The molecule has 2 rings (SSSR count). The van der Waals surface area contributed by atoms with Gasteiger partial charge in [0.15, 0.2) is 0 Å². The van der Waals surface area contributed by atoms with E-state index in [-0.39, 0.29) is 6.04 Å². The summed E-state index contributed by atoms with van der Waals surface area (Å²) in [4.78, 5) is 0. The highest BCUT2D eigenvalue weighted by Crippen LogP contribution is 2.21. The maximum Gasteiger partial charge on any atom is 0.0954 e. The lowest BCUT2D eigenvalue weighted by atomic mass is 10.1. The lowest BCUT2D eigenvalue weighted by molar-refractivity contribution is 0.531. The van der Waals surface area contributed by atoms with E-state index in [9.17, 15) is 0 Å². The number of rotatable bonds is 5. The summed E-state index contributed by atoms with van der Waals surface area (Å²) in [5, 5.41) is 7.70. The largest absolute Gasteiger partial charge is 0.472 e. The number of aromatic nitrogens is 2. The molecule has 86 valence electrons. The van der Waals surface area contributed by atoms with E-state index in [4.69, 9.17) is 4.42 Å². The molecule has 0 aliphatic carbocycles. The standard InChI is InChI=1S/C12H17N3O/c1-3-6-13-12(10-5-8-16-9-10)11-4-7-14-15(11)2/h4-5,7-9,12-13H,3,6H2,1-2H3. The van der Waals surface area contributed by atoms with Gasteiger partial charge in [0.05, 0.1) is 24.3 Å². The fourth-order valence-electron chi connectivity index (χ4n) is 1.79. The van der Waals surface area contributed by atoms with Crippen molar-refractivity contribution in [2.75, 3.05) is 6.54 Å². The molecule has 0 spiro atoms. The Morgan fingerprint density at radius 3 is 2.94 bits per heavy atom. The summed E-state index contributed by atoms with van der Waals surface area (Å²) in [6.45, 7) is 3.13. The molecule has 1 unspecified atom stereocenters. The van der Waals surface area contributed by atoms with Crippen LogP contribution in [0.2, 0.25) is 0 Å². The van der Waals surface area contributed by atoms with Crippen molar-refractivity contribution in [1.82, 2.24) is 15.1 Å². The molecule has 2 aromatic heterocycles. The van der Waals surface area contributed by atoms with Crippen LogP contribution in [-0.4, -0.2) is 16.3 Å². The zero-order valence-electron chi connectivity index (χ0n) is 9.68. The lowest BCUT2D eigenvalue weighted by Gasteiger charge is -2.17. The average molecular weight is 219 g/mol. The molecule has 1 atom stereocenters. The highest BCUT2D eigenvalue weighted by atomic mass is 16.3. The molecule has 0 saturated heterocycles. The van der Waals surface area contributed by atoms with Gasteiger partial charge in [0, 0.05) is 18.8 Å². The summed E-state index contributed by atoms with van der Waals surface area (Å²) in [7, 11) is 1.95. The van der Waals surface area contributed by atoms with Gasteiger partial charge in [-0.25, -0.2) is 0 Å². The van der Waals surface area contributed by atoms with Crippen molar-refractivity contribution in [1.29, 1.82) is 0 Å². The van der Waals surface area contributed by atoms with Gasteiger partial charge in [-0.15, -0.1) is 0 Å². The molecular formula is C12H17N3O. The van der Waals surface area contributed by atoms with Crippen LogP contribution in [0.1, 0.15) is 30.6 Å². The van der Waals surface area contributed by atoms with Gasteiger partial charge in [-0.3, -0.25) is 4.68 Å². The van der Waals surface area contributed by atoms with E-state index >= 15 is 0 Å². The van der Waals surface area contributed by atoms with Gasteiger partial charge < -0.3 is 9.73 Å². The molecule has 0 saturated carbocycles. The molecule has 0 aromatic carbocycles. The van der Waals surface area contributed by atoms with E-state index in [1.54, 1.807) is 12.5 Å². The Morgan fingerprint density at radius 2 is 2.38 bits per heavy atom. The van der Waals surface area contributed by atoms with E-state index in [0.717, 1.165) is 24.2 Å². The molecule has 2 aromatic rings. The summed E-state index contributed by atoms with van der Waals surface area (Å²) in [6, 6.07) is 4.17. The third kappa shape index (κ3) is 2.17. The fourth-order valence-corrected chi connectivity index (χ4v) is 1.79. The first-order valence-corrected chi connectivity index (χ1v) is 5.56. The Morgan fingerprint density at radius 1 is 1.50 bits per heavy atom. The van der Waals surface area contributed by atoms with Gasteiger partial charge in [0.1, 0.15) is 0 Å². The first-order chi connectivity index (χ1) is 7.83. The summed E-state index contributed by atoms with van der Waals surface area (Å²) in [6.07, 6.45) is 6.40. The molecular weight excluding hydrogens is 202 g/mol. The summed E-state index contributed by atoms with van der Waals surface area (Å²) >= 11 is 0.